The normalized spacial score (nSPS) is 13.3. The van der Waals surface area contributed by atoms with E-state index in [1.807, 2.05) is 13.8 Å². The monoisotopic (exact) mass is 300 g/mol. The first-order valence-electron chi connectivity index (χ1n) is 6.64. The van der Waals surface area contributed by atoms with E-state index in [1.54, 1.807) is 45.3 Å². The SMILES string of the molecule is COc1cccc(N(C)S(=O)(=O)C(C)CNC(C)C)c1. The molecule has 0 fully saturated rings. The molecule has 1 atom stereocenters. The maximum Gasteiger partial charge on any atom is 0.238 e. The van der Waals surface area contributed by atoms with Crippen LogP contribution in [-0.4, -0.2) is 40.4 Å². The Morgan fingerprint density at radius 2 is 1.95 bits per heavy atom. The van der Waals surface area contributed by atoms with Crippen LogP contribution in [0.15, 0.2) is 24.3 Å². The van der Waals surface area contributed by atoms with Gasteiger partial charge in [-0.15, -0.1) is 0 Å². The Labute approximate surface area is 122 Å². The second kappa shape index (κ2) is 6.95. The lowest BCUT2D eigenvalue weighted by Gasteiger charge is -2.25. The van der Waals surface area contributed by atoms with Gasteiger partial charge in [0.1, 0.15) is 5.75 Å². The van der Waals surface area contributed by atoms with E-state index in [1.165, 1.54) is 4.31 Å². The van der Waals surface area contributed by atoms with Crippen molar-refractivity contribution in [3.05, 3.63) is 24.3 Å². The average molecular weight is 300 g/mol. The van der Waals surface area contributed by atoms with Crippen LogP contribution in [-0.2, 0) is 10.0 Å². The average Bonchev–Trinajstić information content (AvgIpc) is 2.43. The minimum atomic E-state index is -3.40. The highest BCUT2D eigenvalue weighted by atomic mass is 32.2. The maximum atomic E-state index is 12.5. The van der Waals surface area contributed by atoms with Gasteiger partial charge in [-0.25, -0.2) is 8.42 Å². The van der Waals surface area contributed by atoms with Crippen LogP contribution in [0.4, 0.5) is 5.69 Å². The molecular weight excluding hydrogens is 276 g/mol. The van der Waals surface area contributed by atoms with Gasteiger partial charge in [-0.2, -0.15) is 0 Å². The van der Waals surface area contributed by atoms with Crippen LogP contribution in [0.2, 0.25) is 0 Å². The van der Waals surface area contributed by atoms with Crippen LogP contribution in [0.5, 0.6) is 5.75 Å². The van der Waals surface area contributed by atoms with Gasteiger partial charge in [0.2, 0.25) is 10.0 Å². The number of hydrogen-bond acceptors (Lipinski definition) is 4. The largest absolute Gasteiger partial charge is 0.497 e. The second-order valence-electron chi connectivity index (χ2n) is 5.09. The van der Waals surface area contributed by atoms with Crippen molar-refractivity contribution in [3.8, 4) is 5.75 Å². The van der Waals surface area contributed by atoms with Gasteiger partial charge >= 0.3 is 0 Å². The summed E-state index contributed by atoms with van der Waals surface area (Å²) in [4.78, 5) is 0. The molecule has 0 saturated carbocycles. The lowest BCUT2D eigenvalue weighted by atomic mass is 10.3. The third-order valence-corrected chi connectivity index (χ3v) is 5.28. The van der Waals surface area contributed by atoms with Gasteiger partial charge < -0.3 is 10.1 Å². The fraction of sp³-hybridized carbons (Fsp3) is 0.571. The van der Waals surface area contributed by atoms with Crippen LogP contribution >= 0.6 is 0 Å². The van der Waals surface area contributed by atoms with E-state index >= 15 is 0 Å². The van der Waals surface area contributed by atoms with Crippen LogP contribution in [0, 0.1) is 0 Å². The first-order chi connectivity index (χ1) is 9.28. The molecule has 0 aromatic heterocycles. The quantitative estimate of drug-likeness (QED) is 0.835. The molecule has 5 nitrogen and oxygen atoms in total. The number of nitrogens with one attached hydrogen (secondary N) is 1. The van der Waals surface area contributed by atoms with Crippen molar-refractivity contribution >= 4 is 15.7 Å². The molecule has 20 heavy (non-hydrogen) atoms. The molecule has 0 aliphatic heterocycles. The number of benzene rings is 1. The van der Waals surface area contributed by atoms with Crippen molar-refractivity contribution in [1.29, 1.82) is 0 Å². The molecule has 0 spiro atoms. The number of rotatable bonds is 7. The van der Waals surface area contributed by atoms with Crippen molar-refractivity contribution in [2.24, 2.45) is 0 Å². The Morgan fingerprint density at radius 3 is 2.50 bits per heavy atom. The van der Waals surface area contributed by atoms with E-state index in [-0.39, 0.29) is 6.04 Å². The molecule has 1 aromatic rings. The zero-order valence-corrected chi connectivity index (χ0v) is 13.6. The minimum absolute atomic E-state index is 0.259. The zero-order valence-electron chi connectivity index (χ0n) is 12.8. The standard InChI is InChI=1S/C14H24N2O3S/c1-11(2)15-10-12(3)20(17,18)16(4)13-7-6-8-14(9-13)19-5/h6-9,11-12,15H,10H2,1-5H3. The van der Waals surface area contributed by atoms with Gasteiger partial charge in [-0.05, 0) is 19.1 Å². The summed E-state index contributed by atoms with van der Waals surface area (Å²) >= 11 is 0. The molecule has 6 heteroatoms. The summed E-state index contributed by atoms with van der Waals surface area (Å²) in [6.07, 6.45) is 0. The van der Waals surface area contributed by atoms with Crippen LogP contribution < -0.4 is 14.4 Å². The van der Waals surface area contributed by atoms with E-state index < -0.39 is 15.3 Å². The summed E-state index contributed by atoms with van der Waals surface area (Å²) in [5, 5.41) is 2.65. The Hall–Kier alpha value is -1.27. The lowest BCUT2D eigenvalue weighted by Crippen LogP contribution is -2.41. The molecule has 0 amide bonds. The highest BCUT2D eigenvalue weighted by Crippen LogP contribution is 2.23. The Bertz CT molecular complexity index is 529. The highest BCUT2D eigenvalue weighted by molar-refractivity contribution is 7.93. The number of sulfonamides is 1. The van der Waals surface area contributed by atoms with E-state index in [2.05, 4.69) is 5.32 Å². The first kappa shape index (κ1) is 16.8. The van der Waals surface area contributed by atoms with Gasteiger partial charge in [0.25, 0.3) is 0 Å². The second-order valence-corrected chi connectivity index (χ2v) is 7.47. The summed E-state index contributed by atoms with van der Waals surface area (Å²) in [5.41, 5.74) is 0.598. The van der Waals surface area contributed by atoms with Crippen LogP contribution in [0.1, 0.15) is 20.8 Å². The van der Waals surface area contributed by atoms with Gasteiger partial charge in [0.05, 0.1) is 18.0 Å². The summed E-state index contributed by atoms with van der Waals surface area (Å²) in [7, 11) is -0.274. The van der Waals surface area contributed by atoms with Gasteiger partial charge in [0, 0.05) is 25.7 Å². The molecule has 0 heterocycles. The fourth-order valence-electron chi connectivity index (χ4n) is 1.73. The topological polar surface area (TPSA) is 58.6 Å². The molecule has 0 radical (unpaired) electrons. The number of ether oxygens (including phenoxy) is 1. The lowest BCUT2D eigenvalue weighted by molar-refractivity contribution is 0.415. The number of methoxy groups -OCH3 is 1. The third kappa shape index (κ3) is 4.11. The summed E-state index contributed by atoms with van der Waals surface area (Å²) < 4.78 is 31.4. The van der Waals surface area contributed by atoms with E-state index in [0.29, 0.717) is 18.0 Å². The Balaban J connectivity index is 2.90. The summed E-state index contributed by atoms with van der Waals surface area (Å²) in [5.74, 6) is 0.637. The zero-order chi connectivity index (χ0) is 15.3. The molecule has 0 aliphatic rings. The molecule has 0 saturated heterocycles. The summed E-state index contributed by atoms with van der Waals surface area (Å²) in [6, 6.07) is 7.28. The molecule has 114 valence electrons. The predicted molar refractivity (Wildman–Crippen MR) is 82.9 cm³/mol. The first-order valence-corrected chi connectivity index (χ1v) is 8.14. The van der Waals surface area contributed by atoms with Crippen LogP contribution in [0.3, 0.4) is 0 Å². The number of anilines is 1. The molecule has 1 rings (SSSR count). The highest BCUT2D eigenvalue weighted by Gasteiger charge is 2.26. The Morgan fingerprint density at radius 1 is 1.30 bits per heavy atom. The van der Waals surface area contributed by atoms with Gasteiger partial charge in [-0.3, -0.25) is 4.31 Å². The molecule has 0 bridgehead atoms. The van der Waals surface area contributed by atoms with Crippen molar-refractivity contribution < 1.29 is 13.2 Å². The van der Waals surface area contributed by atoms with Crippen molar-refractivity contribution in [3.63, 3.8) is 0 Å². The van der Waals surface area contributed by atoms with Crippen molar-refractivity contribution in [2.45, 2.75) is 32.1 Å². The molecule has 1 aromatic carbocycles. The molecule has 1 N–H and O–H groups in total. The Kier molecular flexibility index (Phi) is 5.83. The molecule has 1 unspecified atom stereocenters. The third-order valence-electron chi connectivity index (χ3n) is 3.12. The van der Waals surface area contributed by atoms with E-state index in [9.17, 15) is 8.42 Å². The fourth-order valence-corrected chi connectivity index (χ4v) is 2.98. The van der Waals surface area contributed by atoms with Crippen molar-refractivity contribution in [2.75, 3.05) is 25.0 Å². The predicted octanol–water partition coefficient (Wildman–Crippen LogP) is 1.85. The minimum Gasteiger partial charge on any atom is -0.497 e. The van der Waals surface area contributed by atoms with E-state index in [4.69, 9.17) is 4.74 Å². The van der Waals surface area contributed by atoms with Crippen molar-refractivity contribution in [1.82, 2.24) is 5.32 Å². The summed E-state index contributed by atoms with van der Waals surface area (Å²) in [6.45, 7) is 6.12. The van der Waals surface area contributed by atoms with Crippen LogP contribution in [0.25, 0.3) is 0 Å². The van der Waals surface area contributed by atoms with Gasteiger partial charge in [0.15, 0.2) is 0 Å². The number of nitrogens with zero attached hydrogens (tertiary/aromatic N) is 1. The van der Waals surface area contributed by atoms with E-state index in [0.717, 1.165) is 0 Å². The molecular formula is C14H24N2O3S. The number of hydrogen-bond donors (Lipinski definition) is 1. The van der Waals surface area contributed by atoms with Gasteiger partial charge in [-0.1, -0.05) is 19.9 Å². The maximum absolute atomic E-state index is 12.5. The smallest absolute Gasteiger partial charge is 0.238 e. The molecule has 0 aliphatic carbocycles.